The third-order valence-corrected chi connectivity index (χ3v) is 5.43. The van der Waals surface area contributed by atoms with E-state index in [9.17, 15) is 8.42 Å². The Kier molecular flexibility index (Phi) is 5.61. The van der Waals surface area contributed by atoms with Gasteiger partial charge in [-0.05, 0) is 36.5 Å². The number of hydrogen-bond donors (Lipinski definition) is 2. The summed E-state index contributed by atoms with van der Waals surface area (Å²) in [6, 6.07) is 4.68. The number of rotatable bonds is 6. The molecule has 0 aliphatic heterocycles. The zero-order chi connectivity index (χ0) is 15.3. The van der Waals surface area contributed by atoms with Crippen LogP contribution in [0, 0.1) is 5.92 Å². The Morgan fingerprint density at radius 1 is 1.29 bits per heavy atom. The average Bonchev–Trinajstić information content (AvgIpc) is 2.53. The first-order valence-corrected chi connectivity index (χ1v) is 8.82. The maximum atomic E-state index is 12.4. The molecule has 2 rings (SSSR count). The van der Waals surface area contributed by atoms with Crippen LogP contribution in [0.2, 0.25) is 0 Å². The van der Waals surface area contributed by atoms with Gasteiger partial charge in [0.1, 0.15) is 10.6 Å². The van der Waals surface area contributed by atoms with E-state index in [1.165, 1.54) is 32.4 Å². The summed E-state index contributed by atoms with van der Waals surface area (Å²) in [6.45, 7) is 0.268. The number of hydrogen-bond acceptors (Lipinski definition) is 4. The number of methoxy groups -OCH3 is 1. The van der Waals surface area contributed by atoms with Gasteiger partial charge in [-0.25, -0.2) is 13.1 Å². The van der Waals surface area contributed by atoms with Crippen LogP contribution in [0.15, 0.2) is 23.1 Å². The molecule has 1 saturated carbocycles. The van der Waals surface area contributed by atoms with Crippen LogP contribution in [0.5, 0.6) is 5.75 Å². The summed E-state index contributed by atoms with van der Waals surface area (Å²) >= 11 is 0. The Bertz CT molecular complexity index is 565. The van der Waals surface area contributed by atoms with E-state index in [-0.39, 0.29) is 11.5 Å². The molecule has 1 fully saturated rings. The highest BCUT2D eigenvalue weighted by molar-refractivity contribution is 7.89. The molecule has 2 N–H and O–H groups in total. The molecule has 0 atom stereocenters. The largest absolute Gasteiger partial charge is 0.495 e. The van der Waals surface area contributed by atoms with E-state index in [1.807, 2.05) is 0 Å². The van der Waals surface area contributed by atoms with Crippen LogP contribution in [0.4, 0.5) is 0 Å². The lowest BCUT2D eigenvalue weighted by Gasteiger charge is -2.22. The fraction of sp³-hybridized carbons (Fsp3) is 0.600. The predicted octanol–water partition coefficient (Wildman–Crippen LogP) is 2.05. The molecule has 1 aromatic rings. The SMILES string of the molecule is COc1ccc(CO)cc1S(=O)(=O)NCC1CCCCC1. The second kappa shape index (κ2) is 7.24. The molecule has 0 unspecified atom stereocenters. The Morgan fingerprint density at radius 2 is 2.00 bits per heavy atom. The smallest absolute Gasteiger partial charge is 0.244 e. The molecule has 0 saturated heterocycles. The lowest BCUT2D eigenvalue weighted by molar-refractivity contribution is 0.281. The minimum absolute atomic E-state index is 0.0901. The standard InChI is InChI=1S/C15H23NO4S/c1-20-14-8-7-13(11-17)9-15(14)21(18,19)16-10-12-5-3-2-4-6-12/h7-9,12,16-17H,2-6,10-11H2,1H3. The van der Waals surface area contributed by atoms with Gasteiger partial charge >= 0.3 is 0 Å². The molecule has 1 aromatic carbocycles. The summed E-state index contributed by atoms with van der Waals surface area (Å²) < 4.78 is 32.7. The number of aliphatic hydroxyl groups is 1. The number of sulfonamides is 1. The lowest BCUT2D eigenvalue weighted by atomic mass is 9.90. The Morgan fingerprint density at radius 3 is 2.62 bits per heavy atom. The van der Waals surface area contributed by atoms with Gasteiger partial charge in [0.05, 0.1) is 13.7 Å². The van der Waals surface area contributed by atoms with Gasteiger partial charge in [0, 0.05) is 6.54 Å². The fourth-order valence-electron chi connectivity index (χ4n) is 2.73. The first-order valence-electron chi connectivity index (χ1n) is 7.34. The molecule has 0 spiro atoms. The Balaban J connectivity index is 2.14. The van der Waals surface area contributed by atoms with Crippen molar-refractivity contribution in [2.24, 2.45) is 5.92 Å². The zero-order valence-corrected chi connectivity index (χ0v) is 13.2. The first-order chi connectivity index (χ1) is 10.1. The zero-order valence-electron chi connectivity index (χ0n) is 12.3. The monoisotopic (exact) mass is 313 g/mol. The van der Waals surface area contributed by atoms with Crippen LogP contribution >= 0.6 is 0 Å². The molecule has 0 radical (unpaired) electrons. The quantitative estimate of drug-likeness (QED) is 0.843. The number of benzene rings is 1. The van der Waals surface area contributed by atoms with E-state index in [2.05, 4.69) is 4.72 Å². The van der Waals surface area contributed by atoms with Crippen molar-refractivity contribution in [2.45, 2.75) is 43.6 Å². The normalized spacial score (nSPS) is 16.9. The van der Waals surface area contributed by atoms with Gasteiger partial charge in [-0.1, -0.05) is 25.3 Å². The molecule has 0 heterocycles. The van der Waals surface area contributed by atoms with Crippen LogP contribution in [-0.4, -0.2) is 27.2 Å². The summed E-state index contributed by atoms with van der Waals surface area (Å²) in [5.74, 6) is 0.712. The van der Waals surface area contributed by atoms with Crippen molar-refractivity contribution in [1.29, 1.82) is 0 Å². The van der Waals surface area contributed by atoms with Gasteiger partial charge in [-0.2, -0.15) is 0 Å². The highest BCUT2D eigenvalue weighted by atomic mass is 32.2. The molecule has 0 bridgehead atoms. The maximum Gasteiger partial charge on any atom is 0.244 e. The molecule has 1 aliphatic carbocycles. The summed E-state index contributed by atoms with van der Waals surface area (Å²) in [5.41, 5.74) is 0.550. The van der Waals surface area contributed by atoms with Crippen LogP contribution in [-0.2, 0) is 16.6 Å². The van der Waals surface area contributed by atoms with Crippen molar-refractivity contribution in [3.8, 4) is 5.75 Å². The Hall–Kier alpha value is -1.11. The van der Waals surface area contributed by atoms with Crippen molar-refractivity contribution in [1.82, 2.24) is 4.72 Å². The third kappa shape index (κ3) is 4.18. The van der Waals surface area contributed by atoms with E-state index < -0.39 is 10.0 Å². The van der Waals surface area contributed by atoms with Gasteiger partial charge in [-0.15, -0.1) is 0 Å². The second-order valence-electron chi connectivity index (χ2n) is 5.50. The number of aliphatic hydroxyl groups excluding tert-OH is 1. The second-order valence-corrected chi connectivity index (χ2v) is 7.23. The van der Waals surface area contributed by atoms with Crippen molar-refractivity contribution in [2.75, 3.05) is 13.7 Å². The van der Waals surface area contributed by atoms with Crippen LogP contribution in [0.1, 0.15) is 37.7 Å². The molecule has 1 aliphatic rings. The van der Waals surface area contributed by atoms with E-state index in [0.717, 1.165) is 12.8 Å². The van der Waals surface area contributed by atoms with Crippen LogP contribution in [0.3, 0.4) is 0 Å². The summed E-state index contributed by atoms with van der Waals surface area (Å²) in [5, 5.41) is 9.17. The summed E-state index contributed by atoms with van der Waals surface area (Å²) in [6.07, 6.45) is 5.76. The highest BCUT2D eigenvalue weighted by Crippen LogP contribution is 2.26. The van der Waals surface area contributed by atoms with E-state index in [0.29, 0.717) is 23.8 Å². The third-order valence-electron chi connectivity index (χ3n) is 3.99. The van der Waals surface area contributed by atoms with Crippen molar-refractivity contribution in [3.63, 3.8) is 0 Å². The van der Waals surface area contributed by atoms with E-state index >= 15 is 0 Å². The molecule has 0 amide bonds. The topological polar surface area (TPSA) is 75.6 Å². The van der Waals surface area contributed by atoms with Gasteiger partial charge in [0.15, 0.2) is 0 Å². The van der Waals surface area contributed by atoms with Crippen molar-refractivity contribution < 1.29 is 18.3 Å². The van der Waals surface area contributed by atoms with Gasteiger partial charge in [0.2, 0.25) is 10.0 Å². The van der Waals surface area contributed by atoms with Gasteiger partial charge in [0.25, 0.3) is 0 Å². The minimum atomic E-state index is -3.62. The summed E-state index contributed by atoms with van der Waals surface area (Å²) in [7, 11) is -2.18. The molecular weight excluding hydrogens is 290 g/mol. The molecule has 6 heteroatoms. The fourth-order valence-corrected chi connectivity index (χ4v) is 4.06. The molecular formula is C15H23NO4S. The van der Waals surface area contributed by atoms with E-state index in [4.69, 9.17) is 9.84 Å². The average molecular weight is 313 g/mol. The van der Waals surface area contributed by atoms with Crippen LogP contribution < -0.4 is 9.46 Å². The highest BCUT2D eigenvalue weighted by Gasteiger charge is 2.22. The van der Waals surface area contributed by atoms with Gasteiger partial charge < -0.3 is 9.84 Å². The lowest BCUT2D eigenvalue weighted by Crippen LogP contribution is -2.30. The molecule has 21 heavy (non-hydrogen) atoms. The predicted molar refractivity (Wildman–Crippen MR) is 80.7 cm³/mol. The molecule has 5 nitrogen and oxygen atoms in total. The maximum absolute atomic E-state index is 12.4. The number of ether oxygens (including phenoxy) is 1. The first kappa shape index (κ1) is 16.3. The van der Waals surface area contributed by atoms with Crippen molar-refractivity contribution >= 4 is 10.0 Å². The molecule has 0 aromatic heterocycles. The Labute approximate surface area is 126 Å². The van der Waals surface area contributed by atoms with E-state index in [1.54, 1.807) is 12.1 Å². The van der Waals surface area contributed by atoms with Crippen molar-refractivity contribution in [3.05, 3.63) is 23.8 Å². The number of nitrogens with one attached hydrogen (secondary N) is 1. The minimum Gasteiger partial charge on any atom is -0.495 e. The summed E-state index contributed by atoms with van der Waals surface area (Å²) in [4.78, 5) is 0.0901. The van der Waals surface area contributed by atoms with Gasteiger partial charge in [-0.3, -0.25) is 0 Å². The molecule has 118 valence electrons. The van der Waals surface area contributed by atoms with Crippen LogP contribution in [0.25, 0.3) is 0 Å².